The van der Waals surface area contributed by atoms with Crippen LogP contribution in [-0.4, -0.2) is 101 Å². The van der Waals surface area contributed by atoms with Gasteiger partial charge in [-0.1, -0.05) is 0 Å². The monoisotopic (exact) mass is 492 g/mol. The first kappa shape index (κ1) is 25.6. The summed E-state index contributed by atoms with van der Waals surface area (Å²) in [6, 6.07) is 0. The zero-order chi connectivity index (χ0) is 22.1. The fourth-order valence-electron chi connectivity index (χ4n) is 2.15. The van der Waals surface area contributed by atoms with E-state index in [4.69, 9.17) is 8.92 Å². The molecule has 18 heteroatoms. The Morgan fingerprint density at radius 1 is 0.679 bits per heavy atom. The van der Waals surface area contributed by atoms with Crippen molar-refractivity contribution in [2.45, 2.75) is 30.7 Å². The van der Waals surface area contributed by atoms with E-state index in [2.05, 4.69) is 12.5 Å². The Labute approximate surface area is 163 Å². The van der Waals surface area contributed by atoms with Gasteiger partial charge in [-0.25, -0.2) is 0 Å². The Bertz CT molecular complexity index is 963. The molecular weight excluding hydrogens is 472 g/mol. The van der Waals surface area contributed by atoms with Crippen molar-refractivity contribution in [3.63, 3.8) is 0 Å². The van der Waals surface area contributed by atoms with Gasteiger partial charge in [0.05, 0.1) is 31.6 Å². The van der Waals surface area contributed by atoms with Gasteiger partial charge in [0.1, 0.15) is 18.3 Å². The summed E-state index contributed by atoms with van der Waals surface area (Å²) in [6.07, 6.45) is -7.58. The Kier molecular flexibility index (Phi) is 7.99. The molecular formula is C10H20O14S4. The SMILES string of the molecule is CS(=O)(=O)OCC1OC(O)C(OS(C)(=O)=O)C(OS(C)(=O)=O)C1OS(C)(=O)=O. The zero-order valence-corrected chi connectivity index (χ0v) is 18.2. The molecule has 0 aromatic heterocycles. The van der Waals surface area contributed by atoms with Crippen molar-refractivity contribution in [3.05, 3.63) is 0 Å². The highest BCUT2D eigenvalue weighted by Gasteiger charge is 2.52. The molecule has 1 rings (SSSR count). The summed E-state index contributed by atoms with van der Waals surface area (Å²) in [5.74, 6) is 0. The molecule has 14 nitrogen and oxygen atoms in total. The lowest BCUT2D eigenvalue weighted by Crippen LogP contribution is -2.62. The van der Waals surface area contributed by atoms with Crippen molar-refractivity contribution >= 4 is 40.5 Å². The van der Waals surface area contributed by atoms with Crippen LogP contribution in [0.2, 0.25) is 0 Å². The van der Waals surface area contributed by atoms with Gasteiger partial charge >= 0.3 is 0 Å². The van der Waals surface area contributed by atoms with E-state index in [-0.39, 0.29) is 0 Å². The molecule has 0 radical (unpaired) electrons. The lowest BCUT2D eigenvalue weighted by atomic mass is 9.99. The van der Waals surface area contributed by atoms with E-state index in [1.165, 1.54) is 0 Å². The van der Waals surface area contributed by atoms with Crippen LogP contribution in [0.5, 0.6) is 0 Å². The van der Waals surface area contributed by atoms with E-state index in [9.17, 15) is 38.8 Å². The van der Waals surface area contributed by atoms with E-state index < -0.39 is 77.8 Å². The van der Waals surface area contributed by atoms with Crippen LogP contribution in [0.4, 0.5) is 0 Å². The van der Waals surface area contributed by atoms with Crippen LogP contribution in [0, 0.1) is 0 Å². The highest BCUT2D eigenvalue weighted by atomic mass is 32.2. The molecule has 1 fully saturated rings. The van der Waals surface area contributed by atoms with Crippen LogP contribution in [0.1, 0.15) is 0 Å². The summed E-state index contributed by atoms with van der Waals surface area (Å²) in [5, 5.41) is 10.0. The molecule has 0 bridgehead atoms. The van der Waals surface area contributed by atoms with Gasteiger partial charge in [0, 0.05) is 0 Å². The first-order chi connectivity index (χ1) is 12.3. The van der Waals surface area contributed by atoms with Crippen molar-refractivity contribution in [2.24, 2.45) is 0 Å². The summed E-state index contributed by atoms with van der Waals surface area (Å²) in [6.45, 7) is -0.911. The molecule has 1 N–H and O–H groups in total. The normalized spacial score (nSPS) is 30.2. The Morgan fingerprint density at radius 2 is 1.07 bits per heavy atom. The summed E-state index contributed by atoms with van der Waals surface area (Å²) in [7, 11) is -17.1. The highest BCUT2D eigenvalue weighted by molar-refractivity contribution is 7.86. The molecule has 1 saturated heterocycles. The summed E-state index contributed by atoms with van der Waals surface area (Å²) in [4.78, 5) is 0. The number of rotatable bonds is 9. The smallest absolute Gasteiger partial charge is 0.264 e. The fourth-order valence-corrected chi connectivity index (χ4v) is 4.40. The van der Waals surface area contributed by atoms with Crippen molar-refractivity contribution in [1.82, 2.24) is 0 Å². The molecule has 0 aliphatic carbocycles. The van der Waals surface area contributed by atoms with Crippen LogP contribution in [0.15, 0.2) is 0 Å². The van der Waals surface area contributed by atoms with Crippen LogP contribution in [0.25, 0.3) is 0 Å². The quantitative estimate of drug-likeness (QED) is 0.314. The number of aliphatic hydroxyl groups is 1. The Hall–Kier alpha value is -0.440. The lowest BCUT2D eigenvalue weighted by Gasteiger charge is -2.42. The third kappa shape index (κ3) is 9.37. The largest absolute Gasteiger partial charge is 0.366 e. The second-order valence-electron chi connectivity index (χ2n) is 5.85. The second-order valence-corrected chi connectivity index (χ2v) is 12.3. The third-order valence-electron chi connectivity index (χ3n) is 2.91. The predicted molar refractivity (Wildman–Crippen MR) is 90.8 cm³/mol. The molecule has 5 unspecified atom stereocenters. The minimum absolute atomic E-state index is 0.561. The predicted octanol–water partition coefficient (Wildman–Crippen LogP) is -3.29. The Morgan fingerprint density at radius 3 is 1.46 bits per heavy atom. The fraction of sp³-hybridized carbons (Fsp3) is 1.00. The summed E-state index contributed by atoms with van der Waals surface area (Å²) >= 11 is 0. The van der Waals surface area contributed by atoms with Gasteiger partial charge in [-0.2, -0.15) is 33.7 Å². The molecule has 28 heavy (non-hydrogen) atoms. The molecule has 1 heterocycles. The average Bonchev–Trinajstić information content (AvgIpc) is 2.39. The molecule has 0 saturated carbocycles. The maximum atomic E-state index is 11.6. The minimum Gasteiger partial charge on any atom is -0.366 e. The molecule has 0 spiro atoms. The first-order valence-corrected chi connectivity index (χ1v) is 14.4. The van der Waals surface area contributed by atoms with Gasteiger partial charge in [-0.15, -0.1) is 0 Å². The lowest BCUT2D eigenvalue weighted by molar-refractivity contribution is -0.267. The van der Waals surface area contributed by atoms with Crippen molar-refractivity contribution in [3.8, 4) is 0 Å². The van der Waals surface area contributed by atoms with E-state index in [0.29, 0.717) is 25.0 Å². The second kappa shape index (κ2) is 8.74. The summed E-state index contributed by atoms with van der Waals surface area (Å²) < 4.78 is 115. The van der Waals surface area contributed by atoms with Crippen LogP contribution < -0.4 is 0 Å². The number of hydrogen-bond donors (Lipinski definition) is 1. The maximum Gasteiger partial charge on any atom is 0.264 e. The average molecular weight is 493 g/mol. The van der Waals surface area contributed by atoms with E-state index in [1.807, 2.05) is 0 Å². The van der Waals surface area contributed by atoms with Crippen molar-refractivity contribution in [1.29, 1.82) is 0 Å². The standard InChI is InChI=1S/C10H20O14S4/c1-25(12,13)20-5-6-7(22-26(2,14)15)8(23-27(3,16)17)9(10(11)21-6)24-28(4,18)19/h6-11H,5H2,1-4H3. The first-order valence-electron chi connectivity index (χ1n) is 7.10. The van der Waals surface area contributed by atoms with Crippen LogP contribution >= 0.6 is 0 Å². The molecule has 5 atom stereocenters. The number of aliphatic hydroxyl groups excluding tert-OH is 1. The maximum absolute atomic E-state index is 11.6. The zero-order valence-electron chi connectivity index (χ0n) is 15.0. The van der Waals surface area contributed by atoms with E-state index in [1.54, 1.807) is 0 Å². The van der Waals surface area contributed by atoms with Gasteiger partial charge in [0.2, 0.25) is 0 Å². The molecule has 1 aliphatic rings. The van der Waals surface area contributed by atoms with Crippen LogP contribution in [-0.2, 0) is 61.9 Å². The molecule has 1 aliphatic heterocycles. The highest BCUT2D eigenvalue weighted by Crippen LogP contribution is 2.30. The van der Waals surface area contributed by atoms with E-state index >= 15 is 0 Å². The van der Waals surface area contributed by atoms with Gasteiger partial charge in [0.15, 0.2) is 12.4 Å². The van der Waals surface area contributed by atoms with Crippen LogP contribution in [0.3, 0.4) is 0 Å². The molecule has 168 valence electrons. The topological polar surface area (TPSA) is 203 Å². The summed E-state index contributed by atoms with van der Waals surface area (Å²) in [5.41, 5.74) is 0. The molecule has 0 amide bonds. The van der Waals surface area contributed by atoms with Gasteiger partial charge in [-0.05, 0) is 0 Å². The molecule has 0 aromatic carbocycles. The van der Waals surface area contributed by atoms with E-state index in [0.717, 1.165) is 0 Å². The van der Waals surface area contributed by atoms with Gasteiger partial charge < -0.3 is 9.84 Å². The number of hydrogen-bond acceptors (Lipinski definition) is 14. The minimum atomic E-state index is -4.37. The van der Waals surface area contributed by atoms with Gasteiger partial charge in [0.25, 0.3) is 40.5 Å². The van der Waals surface area contributed by atoms with Crippen molar-refractivity contribution in [2.75, 3.05) is 31.6 Å². The number of ether oxygens (including phenoxy) is 1. The Balaban J connectivity index is 3.42. The molecule has 0 aromatic rings. The van der Waals surface area contributed by atoms with Crippen molar-refractivity contribution < 1.29 is 60.2 Å². The third-order valence-corrected chi connectivity index (χ3v) is 5.19. The van der Waals surface area contributed by atoms with Gasteiger partial charge in [-0.3, -0.25) is 16.7 Å².